The lowest BCUT2D eigenvalue weighted by molar-refractivity contribution is 0.146. The van der Waals surface area contributed by atoms with E-state index >= 15 is 0 Å². The third-order valence-electron chi connectivity index (χ3n) is 2.47. The summed E-state index contributed by atoms with van der Waals surface area (Å²) >= 11 is 0. The van der Waals surface area contributed by atoms with Gasteiger partial charge in [0.1, 0.15) is 25.3 Å². The molecule has 0 aliphatic heterocycles. The Bertz CT molecular complexity index is 606. The highest BCUT2D eigenvalue weighted by Crippen LogP contribution is 2.12. The van der Waals surface area contributed by atoms with Crippen molar-refractivity contribution < 1.29 is 14.2 Å². The highest BCUT2D eigenvalue weighted by molar-refractivity contribution is 5.39. The molecule has 1 aromatic carbocycles. The molecule has 0 saturated heterocycles. The van der Waals surface area contributed by atoms with Crippen LogP contribution in [0.2, 0.25) is 0 Å². The van der Waals surface area contributed by atoms with E-state index in [9.17, 15) is 0 Å². The van der Waals surface area contributed by atoms with Gasteiger partial charge < -0.3 is 14.2 Å². The van der Waals surface area contributed by atoms with Gasteiger partial charge in [-0.05, 0) is 18.2 Å². The molecule has 5 nitrogen and oxygen atoms in total. The molecular formula is C16H16N2O3. The van der Waals surface area contributed by atoms with Crippen molar-refractivity contribution in [2.45, 2.75) is 0 Å². The van der Waals surface area contributed by atoms with Crippen LogP contribution in [-0.2, 0) is 4.74 Å². The fourth-order valence-corrected chi connectivity index (χ4v) is 1.52. The molecular weight excluding hydrogens is 268 g/mol. The first-order chi connectivity index (χ1) is 10.4. The van der Waals surface area contributed by atoms with Crippen molar-refractivity contribution in [2.24, 2.45) is 0 Å². The van der Waals surface area contributed by atoms with Gasteiger partial charge in [0.25, 0.3) is 0 Å². The van der Waals surface area contributed by atoms with E-state index in [0.29, 0.717) is 19.0 Å². The normalized spacial score (nSPS) is 9.57. The lowest BCUT2D eigenvalue weighted by atomic mass is 10.2. The Morgan fingerprint density at radius 1 is 1.05 bits per heavy atom. The van der Waals surface area contributed by atoms with Gasteiger partial charge in [-0.15, -0.1) is 0 Å². The van der Waals surface area contributed by atoms with Gasteiger partial charge in [0.2, 0.25) is 0 Å². The van der Waals surface area contributed by atoms with Gasteiger partial charge in [-0.1, -0.05) is 17.9 Å². The third kappa shape index (κ3) is 5.51. The first-order valence-electron chi connectivity index (χ1n) is 6.47. The van der Waals surface area contributed by atoms with Crippen LogP contribution in [0.15, 0.2) is 43.0 Å². The van der Waals surface area contributed by atoms with Gasteiger partial charge in [0.15, 0.2) is 5.75 Å². The van der Waals surface area contributed by atoms with Crippen molar-refractivity contribution in [3.63, 3.8) is 0 Å². The summed E-state index contributed by atoms with van der Waals surface area (Å²) in [6.45, 7) is 1.36. The minimum Gasteiger partial charge on any atom is -0.491 e. The smallest absolute Gasteiger partial charge is 0.157 e. The van der Waals surface area contributed by atoms with E-state index in [4.69, 9.17) is 14.2 Å². The molecule has 2 aromatic rings. The number of hydrogen-bond donors (Lipinski definition) is 0. The van der Waals surface area contributed by atoms with E-state index in [-0.39, 0.29) is 6.61 Å². The Morgan fingerprint density at radius 3 is 2.71 bits per heavy atom. The highest BCUT2D eigenvalue weighted by atomic mass is 16.5. The van der Waals surface area contributed by atoms with Crippen LogP contribution >= 0.6 is 0 Å². The molecule has 5 heteroatoms. The molecule has 0 atom stereocenters. The molecule has 0 radical (unpaired) electrons. The molecule has 0 amide bonds. The largest absolute Gasteiger partial charge is 0.491 e. The molecule has 0 fully saturated rings. The summed E-state index contributed by atoms with van der Waals surface area (Å²) in [4.78, 5) is 7.72. The summed E-state index contributed by atoms with van der Waals surface area (Å²) < 4.78 is 15.8. The van der Waals surface area contributed by atoms with E-state index < -0.39 is 0 Å². The minimum atomic E-state index is 0.280. The van der Waals surface area contributed by atoms with Crippen LogP contribution in [0.5, 0.6) is 11.5 Å². The SMILES string of the molecule is COCCOc1cccc(C#CCOc2cncnc2)c1. The summed E-state index contributed by atoms with van der Waals surface area (Å²) in [5.41, 5.74) is 0.873. The molecule has 0 bridgehead atoms. The first kappa shape index (κ1) is 14.8. The number of benzene rings is 1. The average Bonchev–Trinajstić information content (AvgIpc) is 2.53. The van der Waals surface area contributed by atoms with Crippen LogP contribution in [0, 0.1) is 11.8 Å². The molecule has 2 rings (SSSR count). The molecule has 0 unspecified atom stereocenters. The quantitative estimate of drug-likeness (QED) is 0.599. The van der Waals surface area contributed by atoms with Crippen molar-refractivity contribution in [2.75, 3.05) is 26.9 Å². The van der Waals surface area contributed by atoms with Gasteiger partial charge in [-0.25, -0.2) is 9.97 Å². The van der Waals surface area contributed by atoms with Gasteiger partial charge >= 0.3 is 0 Å². The Labute approximate surface area is 123 Å². The molecule has 1 aromatic heterocycles. The van der Waals surface area contributed by atoms with Crippen molar-refractivity contribution in [1.82, 2.24) is 9.97 Å². The zero-order chi connectivity index (χ0) is 14.8. The minimum absolute atomic E-state index is 0.280. The predicted octanol–water partition coefficient (Wildman–Crippen LogP) is 1.93. The van der Waals surface area contributed by atoms with E-state index in [0.717, 1.165) is 11.3 Å². The molecule has 0 aliphatic rings. The second-order valence-electron chi connectivity index (χ2n) is 4.03. The van der Waals surface area contributed by atoms with Crippen LogP contribution in [0.1, 0.15) is 5.56 Å². The topological polar surface area (TPSA) is 53.5 Å². The number of methoxy groups -OCH3 is 1. The number of hydrogen-bond acceptors (Lipinski definition) is 5. The fraction of sp³-hybridized carbons (Fsp3) is 0.250. The zero-order valence-corrected chi connectivity index (χ0v) is 11.8. The zero-order valence-electron chi connectivity index (χ0n) is 11.8. The fourth-order valence-electron chi connectivity index (χ4n) is 1.52. The van der Waals surface area contributed by atoms with E-state index in [1.807, 2.05) is 24.3 Å². The maximum absolute atomic E-state index is 5.52. The maximum Gasteiger partial charge on any atom is 0.157 e. The summed E-state index contributed by atoms with van der Waals surface area (Å²) in [7, 11) is 1.64. The van der Waals surface area contributed by atoms with E-state index in [2.05, 4.69) is 21.8 Å². The summed E-state index contributed by atoms with van der Waals surface area (Å²) in [5, 5.41) is 0. The molecule has 0 aliphatic carbocycles. The molecule has 0 spiro atoms. The summed E-state index contributed by atoms with van der Waals surface area (Å²) in [6.07, 6.45) is 4.64. The second-order valence-corrected chi connectivity index (χ2v) is 4.03. The highest BCUT2D eigenvalue weighted by Gasteiger charge is 1.95. The average molecular weight is 284 g/mol. The van der Waals surface area contributed by atoms with Crippen LogP contribution in [0.4, 0.5) is 0 Å². The maximum atomic E-state index is 5.52. The summed E-state index contributed by atoms with van der Waals surface area (Å²) in [6, 6.07) is 7.59. The van der Waals surface area contributed by atoms with Crippen molar-refractivity contribution in [3.8, 4) is 23.3 Å². The molecule has 108 valence electrons. The van der Waals surface area contributed by atoms with Crippen molar-refractivity contribution in [1.29, 1.82) is 0 Å². The second kappa shape index (κ2) is 8.56. The summed E-state index contributed by atoms with van der Waals surface area (Å²) in [5.74, 6) is 7.33. The third-order valence-corrected chi connectivity index (χ3v) is 2.47. The van der Waals surface area contributed by atoms with Gasteiger partial charge in [-0.2, -0.15) is 0 Å². The molecule has 1 heterocycles. The standard InChI is InChI=1S/C16H16N2O3/c1-19-8-9-21-15-6-2-4-14(10-15)5-3-7-20-16-11-17-13-18-12-16/h2,4,6,10-13H,7-9H2,1H3. The van der Waals surface area contributed by atoms with Crippen LogP contribution in [0.25, 0.3) is 0 Å². The monoisotopic (exact) mass is 284 g/mol. The number of aromatic nitrogens is 2. The van der Waals surface area contributed by atoms with E-state index in [1.54, 1.807) is 19.5 Å². The van der Waals surface area contributed by atoms with Crippen molar-refractivity contribution >= 4 is 0 Å². The molecule has 0 N–H and O–H groups in total. The van der Waals surface area contributed by atoms with Crippen molar-refractivity contribution in [3.05, 3.63) is 48.5 Å². The van der Waals surface area contributed by atoms with Gasteiger partial charge in [-0.3, -0.25) is 0 Å². The van der Waals surface area contributed by atoms with Crippen LogP contribution < -0.4 is 9.47 Å². The lowest BCUT2D eigenvalue weighted by Gasteiger charge is -2.05. The van der Waals surface area contributed by atoms with Gasteiger partial charge in [0.05, 0.1) is 19.0 Å². The first-order valence-corrected chi connectivity index (χ1v) is 6.47. The van der Waals surface area contributed by atoms with Crippen LogP contribution in [-0.4, -0.2) is 36.9 Å². The van der Waals surface area contributed by atoms with Gasteiger partial charge in [0, 0.05) is 12.7 Å². The number of ether oxygens (including phenoxy) is 3. The predicted molar refractivity (Wildman–Crippen MR) is 78.2 cm³/mol. The lowest BCUT2D eigenvalue weighted by Crippen LogP contribution is -2.04. The van der Waals surface area contributed by atoms with E-state index in [1.165, 1.54) is 6.33 Å². The molecule has 0 saturated carbocycles. The Hall–Kier alpha value is -2.58. The number of nitrogens with zero attached hydrogens (tertiary/aromatic N) is 2. The Morgan fingerprint density at radius 2 is 1.90 bits per heavy atom. The van der Waals surface area contributed by atoms with Crippen LogP contribution in [0.3, 0.4) is 0 Å². The number of rotatable bonds is 6. The Balaban J connectivity index is 1.85. The Kier molecular flexibility index (Phi) is 6.04. The molecule has 21 heavy (non-hydrogen) atoms.